The summed E-state index contributed by atoms with van der Waals surface area (Å²) in [5, 5.41) is 0. The van der Waals surface area contributed by atoms with E-state index >= 15 is 0 Å². The van der Waals surface area contributed by atoms with Crippen LogP contribution in [0.15, 0.2) is 0 Å². The van der Waals surface area contributed by atoms with Gasteiger partial charge in [-0.15, -0.1) is 4.98 Å². The molecule has 0 saturated carbocycles. The third-order valence-electron chi connectivity index (χ3n) is 2.15. The SMILES string of the molecule is CCOc1nc(N)nc(OCCOCCOCCOC)n1. The monoisotopic (exact) mass is 302 g/mol. The first-order chi connectivity index (χ1) is 10.3. The van der Waals surface area contributed by atoms with E-state index in [1.807, 2.05) is 6.92 Å². The van der Waals surface area contributed by atoms with Gasteiger partial charge >= 0.3 is 12.0 Å². The van der Waals surface area contributed by atoms with E-state index in [1.54, 1.807) is 7.11 Å². The van der Waals surface area contributed by atoms with Crippen molar-refractivity contribution in [1.29, 1.82) is 0 Å². The summed E-state index contributed by atoms with van der Waals surface area (Å²) in [5.74, 6) is 0.0518. The van der Waals surface area contributed by atoms with E-state index in [0.29, 0.717) is 46.2 Å². The summed E-state index contributed by atoms with van der Waals surface area (Å²) >= 11 is 0. The average Bonchev–Trinajstić information content (AvgIpc) is 2.45. The van der Waals surface area contributed by atoms with Crippen molar-refractivity contribution in [2.75, 3.05) is 59.1 Å². The minimum Gasteiger partial charge on any atom is -0.464 e. The number of hydrogen-bond acceptors (Lipinski definition) is 9. The van der Waals surface area contributed by atoms with Crippen molar-refractivity contribution in [2.24, 2.45) is 0 Å². The van der Waals surface area contributed by atoms with Gasteiger partial charge in [-0.05, 0) is 6.92 Å². The van der Waals surface area contributed by atoms with Crippen LogP contribution in [0, 0.1) is 0 Å². The predicted molar refractivity (Wildman–Crippen MR) is 74.4 cm³/mol. The molecule has 1 aromatic heterocycles. The topological polar surface area (TPSA) is 111 Å². The molecule has 9 heteroatoms. The number of nitrogen functional groups attached to an aromatic ring is 1. The number of nitrogens with two attached hydrogens (primary N) is 1. The summed E-state index contributed by atoms with van der Waals surface area (Å²) in [5.41, 5.74) is 5.52. The summed E-state index contributed by atoms with van der Waals surface area (Å²) in [7, 11) is 1.63. The minimum atomic E-state index is 0.0518. The largest absolute Gasteiger partial charge is 0.464 e. The fourth-order valence-corrected chi connectivity index (χ4v) is 1.27. The van der Waals surface area contributed by atoms with Gasteiger partial charge in [0.25, 0.3) is 0 Å². The average molecular weight is 302 g/mol. The molecule has 0 aliphatic rings. The Morgan fingerprint density at radius 3 is 2.00 bits per heavy atom. The molecule has 1 heterocycles. The zero-order valence-electron chi connectivity index (χ0n) is 12.4. The van der Waals surface area contributed by atoms with Gasteiger partial charge in [-0.25, -0.2) is 0 Å². The molecule has 1 rings (SSSR count). The van der Waals surface area contributed by atoms with E-state index in [9.17, 15) is 0 Å². The standard InChI is InChI=1S/C12H22N4O5/c1-3-20-11-14-10(13)15-12(16-11)21-9-8-19-7-6-18-5-4-17-2/h3-9H2,1-2H3,(H2,13,14,15,16). The molecule has 0 atom stereocenters. The van der Waals surface area contributed by atoms with Gasteiger partial charge < -0.3 is 29.4 Å². The molecule has 0 fully saturated rings. The van der Waals surface area contributed by atoms with Crippen LogP contribution in [0.1, 0.15) is 6.92 Å². The van der Waals surface area contributed by atoms with Crippen LogP contribution in [0.5, 0.6) is 12.0 Å². The van der Waals surface area contributed by atoms with E-state index in [2.05, 4.69) is 15.0 Å². The van der Waals surface area contributed by atoms with Crippen LogP contribution in [0.2, 0.25) is 0 Å². The molecule has 9 nitrogen and oxygen atoms in total. The molecule has 0 amide bonds. The number of hydrogen-bond donors (Lipinski definition) is 1. The Balaban J connectivity index is 2.12. The lowest BCUT2D eigenvalue weighted by Crippen LogP contribution is -2.14. The highest BCUT2D eigenvalue weighted by Crippen LogP contribution is 2.10. The first kappa shape index (κ1) is 17.3. The number of nitrogens with zero attached hydrogens (tertiary/aromatic N) is 3. The zero-order valence-corrected chi connectivity index (χ0v) is 12.4. The zero-order chi connectivity index (χ0) is 15.3. The maximum atomic E-state index is 5.52. The van der Waals surface area contributed by atoms with Gasteiger partial charge in [0.1, 0.15) is 6.61 Å². The molecule has 0 spiro atoms. The Hall–Kier alpha value is -1.71. The third kappa shape index (κ3) is 8.23. The van der Waals surface area contributed by atoms with E-state index in [0.717, 1.165) is 0 Å². The maximum absolute atomic E-state index is 5.52. The quantitative estimate of drug-likeness (QED) is 0.529. The smallest absolute Gasteiger partial charge is 0.324 e. The molecule has 120 valence electrons. The second kappa shape index (κ2) is 11.0. The molecule has 0 aliphatic carbocycles. The third-order valence-corrected chi connectivity index (χ3v) is 2.15. The molecule has 0 unspecified atom stereocenters. The van der Waals surface area contributed by atoms with Crippen molar-refractivity contribution < 1.29 is 23.7 Å². The number of anilines is 1. The molecular weight excluding hydrogens is 280 g/mol. The Kier molecular flexibility index (Phi) is 9.09. The Morgan fingerprint density at radius 1 is 0.810 bits per heavy atom. The van der Waals surface area contributed by atoms with Crippen molar-refractivity contribution in [3.8, 4) is 12.0 Å². The number of ether oxygens (including phenoxy) is 5. The first-order valence-electron chi connectivity index (χ1n) is 6.67. The summed E-state index contributed by atoms with van der Waals surface area (Å²) < 4.78 is 25.9. The Morgan fingerprint density at radius 2 is 1.38 bits per heavy atom. The van der Waals surface area contributed by atoms with Gasteiger partial charge in [-0.2, -0.15) is 9.97 Å². The summed E-state index contributed by atoms with van der Waals surface area (Å²) in [6.45, 7) is 5.08. The molecule has 0 radical (unpaired) electrons. The van der Waals surface area contributed by atoms with E-state index in [4.69, 9.17) is 29.4 Å². The number of methoxy groups -OCH3 is 1. The number of rotatable bonds is 12. The van der Waals surface area contributed by atoms with Gasteiger partial charge in [-0.1, -0.05) is 0 Å². The molecule has 0 aromatic carbocycles. The Labute approximate surface area is 123 Å². The molecule has 1 aromatic rings. The molecule has 0 aliphatic heterocycles. The molecule has 0 saturated heterocycles. The molecule has 2 N–H and O–H groups in total. The Bertz CT molecular complexity index is 394. The van der Waals surface area contributed by atoms with Crippen molar-refractivity contribution in [2.45, 2.75) is 6.92 Å². The van der Waals surface area contributed by atoms with Crippen LogP contribution in [0.4, 0.5) is 5.95 Å². The lowest BCUT2D eigenvalue weighted by molar-refractivity contribution is 0.0172. The predicted octanol–water partition coefficient (Wildman–Crippen LogP) is -0.0891. The van der Waals surface area contributed by atoms with Gasteiger partial charge in [0.2, 0.25) is 5.95 Å². The van der Waals surface area contributed by atoms with Gasteiger partial charge in [-0.3, -0.25) is 0 Å². The highest BCUT2D eigenvalue weighted by molar-refractivity contribution is 5.20. The minimum absolute atomic E-state index is 0.0518. The van der Waals surface area contributed by atoms with E-state index < -0.39 is 0 Å². The highest BCUT2D eigenvalue weighted by Gasteiger charge is 2.05. The van der Waals surface area contributed by atoms with E-state index in [-0.39, 0.29) is 18.0 Å². The first-order valence-corrected chi connectivity index (χ1v) is 6.67. The van der Waals surface area contributed by atoms with Crippen LogP contribution in [0.25, 0.3) is 0 Å². The van der Waals surface area contributed by atoms with Crippen molar-refractivity contribution >= 4 is 5.95 Å². The van der Waals surface area contributed by atoms with Crippen LogP contribution in [-0.2, 0) is 14.2 Å². The summed E-state index contributed by atoms with van der Waals surface area (Å²) in [4.78, 5) is 11.6. The molecule has 0 bridgehead atoms. The number of aromatic nitrogens is 3. The summed E-state index contributed by atoms with van der Waals surface area (Å²) in [6.07, 6.45) is 0. The molecular formula is C12H22N4O5. The molecule has 21 heavy (non-hydrogen) atoms. The lowest BCUT2D eigenvalue weighted by Gasteiger charge is -2.07. The van der Waals surface area contributed by atoms with Crippen LogP contribution >= 0.6 is 0 Å². The van der Waals surface area contributed by atoms with Gasteiger partial charge in [0.05, 0.1) is 39.6 Å². The fraction of sp³-hybridized carbons (Fsp3) is 0.750. The highest BCUT2D eigenvalue weighted by atomic mass is 16.6. The second-order valence-electron chi connectivity index (χ2n) is 3.76. The van der Waals surface area contributed by atoms with E-state index in [1.165, 1.54) is 0 Å². The summed E-state index contributed by atoms with van der Waals surface area (Å²) in [6, 6.07) is 0.262. The maximum Gasteiger partial charge on any atom is 0.324 e. The van der Waals surface area contributed by atoms with Crippen LogP contribution in [0.3, 0.4) is 0 Å². The van der Waals surface area contributed by atoms with Crippen molar-refractivity contribution in [1.82, 2.24) is 15.0 Å². The normalized spacial score (nSPS) is 10.6. The van der Waals surface area contributed by atoms with Gasteiger partial charge in [0, 0.05) is 7.11 Å². The lowest BCUT2D eigenvalue weighted by atomic mass is 10.7. The fourth-order valence-electron chi connectivity index (χ4n) is 1.27. The van der Waals surface area contributed by atoms with Crippen molar-refractivity contribution in [3.63, 3.8) is 0 Å². The van der Waals surface area contributed by atoms with Gasteiger partial charge in [0.15, 0.2) is 0 Å². The van der Waals surface area contributed by atoms with Crippen LogP contribution < -0.4 is 15.2 Å². The van der Waals surface area contributed by atoms with Crippen molar-refractivity contribution in [3.05, 3.63) is 0 Å². The second-order valence-corrected chi connectivity index (χ2v) is 3.76. The van der Waals surface area contributed by atoms with Crippen LogP contribution in [-0.4, -0.2) is 68.3 Å².